The number of nitrogens with zero attached hydrogens (tertiary/aromatic N) is 3. The Morgan fingerprint density at radius 3 is 3.17 bits per heavy atom. The SMILES string of the molecule is CSc1ncc2c(n1)CN(C1CCCNC1)C2=O. The molecule has 6 heteroatoms. The summed E-state index contributed by atoms with van der Waals surface area (Å²) < 4.78 is 0. The van der Waals surface area contributed by atoms with E-state index >= 15 is 0 Å². The predicted molar refractivity (Wildman–Crippen MR) is 69.6 cm³/mol. The highest BCUT2D eigenvalue weighted by Crippen LogP contribution is 2.26. The first-order chi connectivity index (χ1) is 8.79. The van der Waals surface area contributed by atoms with Gasteiger partial charge in [0.05, 0.1) is 17.8 Å². The van der Waals surface area contributed by atoms with E-state index in [9.17, 15) is 4.79 Å². The van der Waals surface area contributed by atoms with E-state index in [-0.39, 0.29) is 5.91 Å². The van der Waals surface area contributed by atoms with Gasteiger partial charge in [0.25, 0.3) is 5.91 Å². The van der Waals surface area contributed by atoms with Gasteiger partial charge in [-0.25, -0.2) is 9.97 Å². The number of thioether (sulfide) groups is 1. The predicted octanol–water partition coefficient (Wildman–Crippen LogP) is 0.906. The average Bonchev–Trinajstić information content (AvgIpc) is 2.76. The molecule has 2 aliphatic rings. The average molecular weight is 264 g/mol. The lowest BCUT2D eigenvalue weighted by molar-refractivity contribution is 0.0673. The van der Waals surface area contributed by atoms with Crippen LogP contribution in [0, 0.1) is 0 Å². The molecule has 1 aromatic rings. The fourth-order valence-corrected chi connectivity index (χ4v) is 2.94. The van der Waals surface area contributed by atoms with Crippen molar-refractivity contribution in [1.29, 1.82) is 0 Å². The molecule has 0 saturated carbocycles. The van der Waals surface area contributed by atoms with Gasteiger partial charge in [-0.2, -0.15) is 0 Å². The summed E-state index contributed by atoms with van der Waals surface area (Å²) in [6, 6.07) is 0.304. The Bertz CT molecular complexity index is 473. The van der Waals surface area contributed by atoms with Crippen LogP contribution in [0.3, 0.4) is 0 Å². The number of piperidine rings is 1. The number of hydrogen-bond donors (Lipinski definition) is 1. The lowest BCUT2D eigenvalue weighted by Gasteiger charge is -2.31. The highest BCUT2D eigenvalue weighted by atomic mass is 32.2. The quantitative estimate of drug-likeness (QED) is 0.635. The molecule has 1 N–H and O–H groups in total. The maximum absolute atomic E-state index is 12.3. The van der Waals surface area contributed by atoms with Crippen LogP contribution in [0.2, 0.25) is 0 Å². The van der Waals surface area contributed by atoms with Gasteiger partial charge in [0.15, 0.2) is 5.16 Å². The molecule has 3 rings (SSSR count). The normalized spacial score (nSPS) is 23.3. The summed E-state index contributed by atoms with van der Waals surface area (Å²) in [5.74, 6) is 0.0892. The monoisotopic (exact) mass is 264 g/mol. The Morgan fingerprint density at radius 2 is 2.44 bits per heavy atom. The smallest absolute Gasteiger partial charge is 0.258 e. The van der Waals surface area contributed by atoms with Gasteiger partial charge in [-0.05, 0) is 25.6 Å². The Balaban J connectivity index is 1.83. The first-order valence-corrected chi connectivity index (χ1v) is 7.43. The van der Waals surface area contributed by atoms with Crippen LogP contribution in [-0.2, 0) is 6.54 Å². The molecule has 1 fully saturated rings. The number of carbonyl (C=O) groups excluding carboxylic acids is 1. The van der Waals surface area contributed by atoms with Crippen molar-refractivity contribution in [2.24, 2.45) is 0 Å². The van der Waals surface area contributed by atoms with Crippen LogP contribution < -0.4 is 5.32 Å². The molecule has 1 unspecified atom stereocenters. The molecule has 0 aromatic carbocycles. The van der Waals surface area contributed by atoms with Crippen LogP contribution in [0.25, 0.3) is 0 Å². The van der Waals surface area contributed by atoms with E-state index in [1.807, 2.05) is 11.2 Å². The van der Waals surface area contributed by atoms with Gasteiger partial charge in [-0.3, -0.25) is 4.79 Å². The van der Waals surface area contributed by atoms with Crippen molar-refractivity contribution in [2.75, 3.05) is 19.3 Å². The van der Waals surface area contributed by atoms with Crippen LogP contribution in [-0.4, -0.2) is 46.2 Å². The lowest BCUT2D eigenvalue weighted by atomic mass is 10.1. The molecule has 1 amide bonds. The molecule has 96 valence electrons. The third-order valence-electron chi connectivity index (χ3n) is 3.55. The van der Waals surface area contributed by atoms with Gasteiger partial charge in [-0.15, -0.1) is 0 Å². The van der Waals surface area contributed by atoms with E-state index < -0.39 is 0 Å². The molecule has 18 heavy (non-hydrogen) atoms. The molecule has 0 spiro atoms. The van der Waals surface area contributed by atoms with E-state index in [1.54, 1.807) is 6.20 Å². The van der Waals surface area contributed by atoms with Gasteiger partial charge >= 0.3 is 0 Å². The zero-order chi connectivity index (χ0) is 12.5. The maximum atomic E-state index is 12.3. The lowest BCUT2D eigenvalue weighted by Crippen LogP contribution is -2.46. The van der Waals surface area contributed by atoms with Crippen molar-refractivity contribution in [3.8, 4) is 0 Å². The van der Waals surface area contributed by atoms with Gasteiger partial charge in [0.1, 0.15) is 0 Å². The summed E-state index contributed by atoms with van der Waals surface area (Å²) in [5, 5.41) is 4.09. The molecule has 1 aromatic heterocycles. The van der Waals surface area contributed by atoms with Crippen molar-refractivity contribution in [3.63, 3.8) is 0 Å². The van der Waals surface area contributed by atoms with Gasteiger partial charge in [0.2, 0.25) is 0 Å². The topological polar surface area (TPSA) is 58.1 Å². The number of carbonyl (C=O) groups is 1. The molecule has 0 radical (unpaired) electrons. The Morgan fingerprint density at radius 1 is 1.56 bits per heavy atom. The van der Waals surface area contributed by atoms with Crippen molar-refractivity contribution in [1.82, 2.24) is 20.2 Å². The second-order valence-corrected chi connectivity index (χ2v) is 5.42. The van der Waals surface area contributed by atoms with Crippen LogP contribution >= 0.6 is 11.8 Å². The summed E-state index contributed by atoms with van der Waals surface area (Å²) in [6.45, 7) is 2.58. The first kappa shape index (κ1) is 11.9. The largest absolute Gasteiger partial charge is 0.328 e. The van der Waals surface area contributed by atoms with Crippen molar-refractivity contribution in [2.45, 2.75) is 30.6 Å². The van der Waals surface area contributed by atoms with Crippen LogP contribution in [0.5, 0.6) is 0 Å². The van der Waals surface area contributed by atoms with Crippen LogP contribution in [0.1, 0.15) is 28.9 Å². The van der Waals surface area contributed by atoms with Crippen molar-refractivity contribution in [3.05, 3.63) is 17.5 Å². The van der Waals surface area contributed by atoms with Crippen LogP contribution in [0.15, 0.2) is 11.4 Å². The number of rotatable bonds is 2. The molecule has 1 saturated heterocycles. The second-order valence-electron chi connectivity index (χ2n) is 4.65. The molecular weight excluding hydrogens is 248 g/mol. The maximum Gasteiger partial charge on any atom is 0.258 e. The summed E-state index contributed by atoms with van der Waals surface area (Å²) in [5.41, 5.74) is 1.56. The summed E-state index contributed by atoms with van der Waals surface area (Å²) in [4.78, 5) is 22.9. The summed E-state index contributed by atoms with van der Waals surface area (Å²) in [7, 11) is 0. The molecule has 3 heterocycles. The molecule has 2 aliphatic heterocycles. The third-order valence-corrected chi connectivity index (χ3v) is 4.11. The van der Waals surface area contributed by atoms with Gasteiger partial charge < -0.3 is 10.2 Å². The third kappa shape index (κ3) is 1.99. The minimum atomic E-state index is 0.0892. The standard InChI is InChI=1S/C12H16N4OS/c1-18-12-14-6-9-10(15-12)7-16(11(9)17)8-3-2-4-13-5-8/h6,8,13H,2-5,7H2,1H3. The number of amides is 1. The number of fused-ring (bicyclic) bond motifs is 1. The number of aromatic nitrogens is 2. The zero-order valence-electron chi connectivity index (χ0n) is 10.3. The fraction of sp³-hybridized carbons (Fsp3) is 0.583. The first-order valence-electron chi connectivity index (χ1n) is 6.21. The molecule has 0 bridgehead atoms. The molecule has 5 nitrogen and oxygen atoms in total. The zero-order valence-corrected chi connectivity index (χ0v) is 11.2. The minimum absolute atomic E-state index is 0.0892. The Labute approximate surface area is 110 Å². The molecule has 0 aliphatic carbocycles. The van der Waals surface area contributed by atoms with E-state index in [0.29, 0.717) is 18.2 Å². The van der Waals surface area contributed by atoms with Gasteiger partial charge in [-0.1, -0.05) is 11.8 Å². The van der Waals surface area contributed by atoms with E-state index in [0.717, 1.165) is 36.8 Å². The summed E-state index contributed by atoms with van der Waals surface area (Å²) >= 11 is 1.51. The highest BCUT2D eigenvalue weighted by Gasteiger charge is 2.34. The van der Waals surface area contributed by atoms with Gasteiger partial charge in [0, 0.05) is 18.8 Å². The van der Waals surface area contributed by atoms with Crippen molar-refractivity contribution >= 4 is 17.7 Å². The molecule has 1 atom stereocenters. The second kappa shape index (κ2) is 4.85. The van der Waals surface area contributed by atoms with E-state index in [4.69, 9.17) is 0 Å². The fourth-order valence-electron chi connectivity index (χ4n) is 2.58. The number of hydrogen-bond acceptors (Lipinski definition) is 5. The van der Waals surface area contributed by atoms with Crippen molar-refractivity contribution < 1.29 is 4.79 Å². The number of nitrogens with one attached hydrogen (secondary N) is 1. The minimum Gasteiger partial charge on any atom is -0.328 e. The molecular formula is C12H16N4OS. The summed E-state index contributed by atoms with van der Waals surface area (Å²) in [6.07, 6.45) is 5.83. The van der Waals surface area contributed by atoms with E-state index in [2.05, 4.69) is 15.3 Å². The Kier molecular flexibility index (Phi) is 3.22. The van der Waals surface area contributed by atoms with Crippen LogP contribution in [0.4, 0.5) is 0 Å². The highest BCUT2D eigenvalue weighted by molar-refractivity contribution is 7.98. The Hall–Kier alpha value is -1.14. The van der Waals surface area contributed by atoms with E-state index in [1.165, 1.54) is 11.8 Å².